The van der Waals surface area contributed by atoms with Crippen LogP contribution in [0.4, 0.5) is 0 Å². The molecule has 1 aromatic rings. The Hall–Kier alpha value is -1.93. The second-order valence-electron chi connectivity index (χ2n) is 4.46. The van der Waals surface area contributed by atoms with Crippen molar-refractivity contribution in [2.24, 2.45) is 0 Å². The summed E-state index contributed by atoms with van der Waals surface area (Å²) >= 11 is 0. The number of hydrogen-bond acceptors (Lipinski definition) is 4. The van der Waals surface area contributed by atoms with Crippen LogP contribution in [0.2, 0.25) is 0 Å². The van der Waals surface area contributed by atoms with Crippen molar-refractivity contribution in [1.82, 2.24) is 9.21 Å². The van der Waals surface area contributed by atoms with Gasteiger partial charge >= 0.3 is 5.97 Å². The molecule has 1 aromatic carbocycles. The number of rotatable bonds is 3. The molecule has 0 atom stereocenters. The molecular weight excluding hydrogens is 284 g/mol. The lowest BCUT2D eigenvalue weighted by Gasteiger charge is -2.31. The summed E-state index contributed by atoms with van der Waals surface area (Å²) in [5.41, 5.74) is -0.293. The van der Waals surface area contributed by atoms with E-state index in [1.165, 1.54) is 29.2 Å². The molecule has 0 saturated carbocycles. The highest BCUT2D eigenvalue weighted by Crippen LogP contribution is 2.21. The number of sulfonamides is 1. The van der Waals surface area contributed by atoms with Crippen LogP contribution in [0.5, 0.6) is 0 Å². The lowest BCUT2D eigenvalue weighted by atomic mass is 10.2. The van der Waals surface area contributed by atoms with Gasteiger partial charge < -0.3 is 10.0 Å². The molecular formula is C12H14N2O5S. The maximum atomic E-state index is 12.5. The summed E-state index contributed by atoms with van der Waals surface area (Å²) in [6.07, 6.45) is 0. The van der Waals surface area contributed by atoms with E-state index in [9.17, 15) is 18.0 Å². The van der Waals surface area contributed by atoms with Gasteiger partial charge in [0.1, 0.15) is 0 Å². The SMILES string of the molecule is CN1CCN(S(=O)(=O)c2ccccc2C(=O)O)CC1=O. The van der Waals surface area contributed by atoms with Crippen LogP contribution in [0, 0.1) is 0 Å². The predicted octanol–water partition coefficient (Wildman–Crippen LogP) is -0.153. The van der Waals surface area contributed by atoms with Crippen molar-refractivity contribution < 1.29 is 23.1 Å². The Morgan fingerprint density at radius 1 is 1.25 bits per heavy atom. The van der Waals surface area contributed by atoms with Gasteiger partial charge in [-0.3, -0.25) is 4.79 Å². The quantitative estimate of drug-likeness (QED) is 0.837. The van der Waals surface area contributed by atoms with E-state index in [-0.39, 0.29) is 36.0 Å². The summed E-state index contributed by atoms with van der Waals surface area (Å²) in [6.45, 7) is 0.165. The van der Waals surface area contributed by atoms with Gasteiger partial charge in [-0.25, -0.2) is 13.2 Å². The summed E-state index contributed by atoms with van der Waals surface area (Å²) in [5.74, 6) is -1.63. The van der Waals surface area contributed by atoms with Crippen LogP contribution in [0.25, 0.3) is 0 Å². The van der Waals surface area contributed by atoms with Crippen LogP contribution in [-0.2, 0) is 14.8 Å². The van der Waals surface area contributed by atoms with Crippen LogP contribution in [0.15, 0.2) is 29.2 Å². The van der Waals surface area contributed by atoms with Gasteiger partial charge in [-0.2, -0.15) is 4.31 Å². The molecule has 0 radical (unpaired) electrons. The average molecular weight is 298 g/mol. The van der Waals surface area contributed by atoms with Crippen molar-refractivity contribution in [3.05, 3.63) is 29.8 Å². The summed E-state index contributed by atoms with van der Waals surface area (Å²) in [6, 6.07) is 5.38. The minimum absolute atomic E-state index is 0.151. The van der Waals surface area contributed by atoms with Crippen LogP contribution in [0.1, 0.15) is 10.4 Å². The van der Waals surface area contributed by atoms with E-state index in [1.54, 1.807) is 7.05 Å². The first-order valence-corrected chi connectivity index (χ1v) is 7.34. The zero-order valence-electron chi connectivity index (χ0n) is 10.8. The Labute approximate surface area is 116 Å². The van der Waals surface area contributed by atoms with E-state index >= 15 is 0 Å². The van der Waals surface area contributed by atoms with Gasteiger partial charge in [0.25, 0.3) is 0 Å². The molecule has 0 spiro atoms. The highest BCUT2D eigenvalue weighted by molar-refractivity contribution is 7.89. The highest BCUT2D eigenvalue weighted by Gasteiger charge is 2.33. The summed E-state index contributed by atoms with van der Waals surface area (Å²) in [5, 5.41) is 9.06. The molecule has 1 amide bonds. The first-order chi connectivity index (χ1) is 9.34. The maximum Gasteiger partial charge on any atom is 0.337 e. The molecule has 0 aliphatic carbocycles. The number of amides is 1. The second kappa shape index (κ2) is 5.22. The zero-order chi connectivity index (χ0) is 14.9. The molecule has 1 aliphatic rings. The molecule has 1 aliphatic heterocycles. The fraction of sp³-hybridized carbons (Fsp3) is 0.333. The smallest absolute Gasteiger partial charge is 0.337 e. The van der Waals surface area contributed by atoms with Crippen LogP contribution in [0.3, 0.4) is 0 Å². The molecule has 20 heavy (non-hydrogen) atoms. The number of aromatic carboxylic acids is 1. The topological polar surface area (TPSA) is 95.0 Å². The molecule has 2 rings (SSSR count). The maximum absolute atomic E-state index is 12.5. The summed E-state index contributed by atoms with van der Waals surface area (Å²) in [7, 11) is -2.39. The Morgan fingerprint density at radius 2 is 1.90 bits per heavy atom. The highest BCUT2D eigenvalue weighted by atomic mass is 32.2. The number of benzene rings is 1. The van der Waals surface area contributed by atoms with Gasteiger partial charge in [-0.05, 0) is 12.1 Å². The minimum Gasteiger partial charge on any atom is -0.478 e. The van der Waals surface area contributed by atoms with Crippen molar-refractivity contribution in [3.8, 4) is 0 Å². The standard InChI is InChI=1S/C12H14N2O5S/c1-13-6-7-14(8-11(13)15)20(18,19)10-5-3-2-4-9(10)12(16)17/h2-5H,6-8H2,1H3,(H,16,17). The summed E-state index contributed by atoms with van der Waals surface area (Å²) in [4.78, 5) is 23.9. The van der Waals surface area contributed by atoms with Gasteiger partial charge in [-0.15, -0.1) is 0 Å². The van der Waals surface area contributed by atoms with Crippen molar-refractivity contribution in [2.45, 2.75) is 4.90 Å². The Morgan fingerprint density at radius 3 is 2.50 bits per heavy atom. The molecule has 7 nitrogen and oxygen atoms in total. The molecule has 1 saturated heterocycles. The third kappa shape index (κ3) is 2.52. The van der Waals surface area contributed by atoms with Crippen LogP contribution in [-0.4, -0.2) is 61.3 Å². The van der Waals surface area contributed by atoms with Gasteiger partial charge in [0.2, 0.25) is 15.9 Å². The minimum atomic E-state index is -3.99. The van der Waals surface area contributed by atoms with Crippen molar-refractivity contribution in [1.29, 1.82) is 0 Å². The lowest BCUT2D eigenvalue weighted by molar-refractivity contribution is -0.132. The number of carbonyl (C=O) groups excluding carboxylic acids is 1. The van der Waals surface area contributed by atoms with E-state index in [2.05, 4.69) is 0 Å². The van der Waals surface area contributed by atoms with Crippen molar-refractivity contribution >= 4 is 21.9 Å². The van der Waals surface area contributed by atoms with Crippen molar-refractivity contribution in [2.75, 3.05) is 26.7 Å². The van der Waals surface area contributed by atoms with E-state index < -0.39 is 16.0 Å². The van der Waals surface area contributed by atoms with Crippen LogP contribution >= 0.6 is 0 Å². The Balaban J connectivity index is 2.41. The third-order valence-corrected chi connectivity index (χ3v) is 5.06. The van der Waals surface area contributed by atoms with Crippen molar-refractivity contribution in [3.63, 3.8) is 0 Å². The normalized spacial score (nSPS) is 17.2. The fourth-order valence-corrected chi connectivity index (χ4v) is 3.51. The fourth-order valence-electron chi connectivity index (χ4n) is 1.95. The molecule has 0 unspecified atom stereocenters. The van der Waals surface area contributed by atoms with Crippen LogP contribution < -0.4 is 0 Å². The molecule has 8 heteroatoms. The molecule has 1 fully saturated rings. The van der Waals surface area contributed by atoms with E-state index in [0.29, 0.717) is 0 Å². The molecule has 1 N–H and O–H groups in total. The monoisotopic (exact) mass is 298 g/mol. The Bertz CT molecular complexity index is 656. The number of carboxylic acid groups (broad SMARTS) is 1. The Kier molecular flexibility index (Phi) is 3.78. The average Bonchev–Trinajstić information content (AvgIpc) is 2.41. The van der Waals surface area contributed by atoms with Gasteiger partial charge in [0.15, 0.2) is 0 Å². The lowest BCUT2D eigenvalue weighted by Crippen LogP contribution is -2.50. The largest absolute Gasteiger partial charge is 0.478 e. The first kappa shape index (κ1) is 14.5. The van der Waals surface area contributed by atoms with Gasteiger partial charge in [0.05, 0.1) is 17.0 Å². The second-order valence-corrected chi connectivity index (χ2v) is 6.36. The van der Waals surface area contributed by atoms with Gasteiger partial charge in [-0.1, -0.05) is 12.1 Å². The molecule has 0 bridgehead atoms. The zero-order valence-corrected chi connectivity index (χ0v) is 11.6. The van der Waals surface area contributed by atoms with Gasteiger partial charge in [0, 0.05) is 20.1 Å². The van der Waals surface area contributed by atoms with E-state index in [0.717, 1.165) is 4.31 Å². The number of likely N-dealkylation sites (N-methyl/N-ethyl adjacent to an activating group) is 1. The number of carboxylic acids is 1. The van der Waals surface area contributed by atoms with E-state index in [1.807, 2.05) is 0 Å². The molecule has 108 valence electrons. The number of carbonyl (C=O) groups is 2. The number of piperazine rings is 1. The number of nitrogens with zero attached hydrogens (tertiary/aromatic N) is 2. The van der Waals surface area contributed by atoms with E-state index in [4.69, 9.17) is 5.11 Å². The predicted molar refractivity (Wildman–Crippen MR) is 69.8 cm³/mol. The number of hydrogen-bond donors (Lipinski definition) is 1. The summed E-state index contributed by atoms with van der Waals surface area (Å²) < 4.78 is 25.9. The molecule has 1 heterocycles. The third-order valence-electron chi connectivity index (χ3n) is 3.16. The first-order valence-electron chi connectivity index (χ1n) is 5.90. The molecule has 0 aromatic heterocycles.